The number of nitrogens with zero attached hydrogens (tertiary/aromatic N) is 2. The van der Waals surface area contributed by atoms with E-state index in [1.165, 1.54) is 10.5 Å². The van der Waals surface area contributed by atoms with E-state index < -0.39 is 0 Å². The first-order chi connectivity index (χ1) is 14.3. The summed E-state index contributed by atoms with van der Waals surface area (Å²) in [5.74, 6) is 0.497. The molecule has 0 fully saturated rings. The smallest absolute Gasteiger partial charge is 0.246 e. The minimum atomic E-state index is -0.0172. The Morgan fingerprint density at radius 3 is 1.43 bits per heavy atom. The van der Waals surface area contributed by atoms with Gasteiger partial charge in [0.2, 0.25) is 11.8 Å². The van der Waals surface area contributed by atoms with Crippen LogP contribution in [0, 0.1) is 0 Å². The summed E-state index contributed by atoms with van der Waals surface area (Å²) in [6.45, 7) is 0. The quantitative estimate of drug-likeness (QED) is 0.411. The number of hydrogen-bond donors (Lipinski definition) is 0. The third-order valence-electron chi connectivity index (χ3n) is 3.99. The highest BCUT2D eigenvalue weighted by molar-refractivity contribution is 9.08. The second-order valence-corrected chi connectivity index (χ2v) is 7.71. The van der Waals surface area contributed by atoms with E-state index in [-0.39, 0.29) is 11.8 Å². The molecule has 0 aromatic heterocycles. The maximum Gasteiger partial charge on any atom is 0.246 e. The summed E-state index contributed by atoms with van der Waals surface area (Å²) in [6, 6.07) is 15.9. The van der Waals surface area contributed by atoms with E-state index in [0.29, 0.717) is 5.88 Å². The fourth-order valence-corrected chi connectivity index (χ4v) is 2.62. The molecule has 2 aromatic rings. The van der Waals surface area contributed by atoms with E-state index in [0.717, 1.165) is 22.0 Å². The average molecular weight is 492 g/mol. The Morgan fingerprint density at radius 1 is 0.767 bits per heavy atom. The van der Waals surface area contributed by atoms with Crippen molar-refractivity contribution >= 4 is 51.5 Å². The molecule has 0 aliphatic heterocycles. The highest BCUT2D eigenvalue weighted by atomic mass is 79.9. The predicted octanol–water partition coefficient (Wildman–Crippen LogP) is 5.21. The van der Waals surface area contributed by atoms with E-state index in [9.17, 15) is 9.59 Å². The average Bonchev–Trinajstić information content (AvgIpc) is 2.76. The molecular weight excluding hydrogens is 464 g/mol. The molecule has 0 atom stereocenters. The summed E-state index contributed by atoms with van der Waals surface area (Å²) in [4.78, 5) is 25.6. The van der Waals surface area contributed by atoms with Crippen LogP contribution in [0.5, 0.6) is 0 Å². The van der Waals surface area contributed by atoms with Crippen LogP contribution < -0.4 is 0 Å². The summed E-state index contributed by atoms with van der Waals surface area (Å²) >= 11 is 9.05. The number of alkyl halides is 2. The number of carbonyl (C=O) groups is 2. The van der Waals surface area contributed by atoms with Gasteiger partial charge in [0.25, 0.3) is 0 Å². The van der Waals surface area contributed by atoms with E-state index in [4.69, 9.17) is 11.6 Å². The predicted molar refractivity (Wildman–Crippen MR) is 131 cm³/mol. The van der Waals surface area contributed by atoms with Crippen LogP contribution in [0.3, 0.4) is 0 Å². The van der Waals surface area contributed by atoms with Crippen molar-refractivity contribution in [3.63, 3.8) is 0 Å². The largest absolute Gasteiger partial charge is 0.345 e. The number of benzene rings is 2. The van der Waals surface area contributed by atoms with Crippen molar-refractivity contribution < 1.29 is 9.59 Å². The molecule has 6 heteroatoms. The molecule has 2 amide bonds. The topological polar surface area (TPSA) is 40.6 Å². The van der Waals surface area contributed by atoms with Crippen LogP contribution in [-0.2, 0) is 20.8 Å². The maximum atomic E-state index is 11.3. The lowest BCUT2D eigenvalue weighted by molar-refractivity contribution is -0.124. The van der Waals surface area contributed by atoms with Crippen molar-refractivity contribution in [3.8, 4) is 0 Å². The summed E-state index contributed by atoms with van der Waals surface area (Å²) in [5, 5.41) is 0.855. The summed E-state index contributed by atoms with van der Waals surface area (Å²) in [5.41, 5.74) is 4.34. The third kappa shape index (κ3) is 9.90. The number of hydrogen-bond acceptors (Lipinski definition) is 2. The van der Waals surface area contributed by atoms with Gasteiger partial charge in [-0.25, -0.2) is 0 Å². The number of rotatable bonds is 6. The molecule has 0 unspecified atom stereocenters. The van der Waals surface area contributed by atoms with Crippen LogP contribution in [0.4, 0.5) is 0 Å². The van der Waals surface area contributed by atoms with Gasteiger partial charge in [-0.1, -0.05) is 64.5 Å². The van der Waals surface area contributed by atoms with E-state index >= 15 is 0 Å². The summed E-state index contributed by atoms with van der Waals surface area (Å²) in [6.07, 6.45) is 6.74. The van der Waals surface area contributed by atoms with Gasteiger partial charge in [0.15, 0.2) is 0 Å². The molecule has 0 saturated carbocycles. The molecule has 2 aromatic carbocycles. The monoisotopic (exact) mass is 490 g/mol. The van der Waals surface area contributed by atoms with E-state index in [2.05, 4.69) is 15.9 Å². The van der Waals surface area contributed by atoms with Crippen molar-refractivity contribution in [2.75, 3.05) is 28.2 Å². The molecule has 0 saturated heterocycles. The van der Waals surface area contributed by atoms with Gasteiger partial charge >= 0.3 is 0 Å². The molecule has 0 N–H and O–H groups in total. The molecule has 0 aliphatic rings. The van der Waals surface area contributed by atoms with Gasteiger partial charge in [-0.15, -0.1) is 11.6 Å². The van der Waals surface area contributed by atoms with Crippen LogP contribution in [0.25, 0.3) is 12.2 Å². The SMILES string of the molecule is CN(C)C(=O)/C=C/c1ccc(CBr)cc1.CN(C)C(=O)/C=C/c1ccc(CCl)cc1. The lowest BCUT2D eigenvalue weighted by Gasteiger charge is -2.05. The Labute approximate surface area is 193 Å². The Balaban J connectivity index is 0.000000300. The Kier molecular flexibility index (Phi) is 11.8. The molecule has 2 rings (SSSR count). The highest BCUT2D eigenvalue weighted by Gasteiger charge is 1.97. The lowest BCUT2D eigenvalue weighted by atomic mass is 10.1. The van der Waals surface area contributed by atoms with Crippen molar-refractivity contribution in [3.05, 3.63) is 82.9 Å². The number of carbonyl (C=O) groups excluding carboxylic acids is 2. The van der Waals surface area contributed by atoms with Gasteiger partial charge in [-0.2, -0.15) is 0 Å². The Bertz CT molecular complexity index is 784. The zero-order valence-electron chi connectivity index (χ0n) is 17.8. The van der Waals surface area contributed by atoms with Crippen molar-refractivity contribution in [2.24, 2.45) is 0 Å². The Morgan fingerprint density at radius 2 is 1.13 bits per heavy atom. The van der Waals surface area contributed by atoms with Gasteiger partial charge in [0.1, 0.15) is 0 Å². The molecule has 160 valence electrons. The first-order valence-corrected chi connectivity index (χ1v) is 11.0. The zero-order chi connectivity index (χ0) is 22.5. The minimum absolute atomic E-state index is 0.000400. The van der Waals surface area contributed by atoms with Crippen molar-refractivity contribution in [2.45, 2.75) is 11.2 Å². The summed E-state index contributed by atoms with van der Waals surface area (Å²) < 4.78 is 0. The molecule has 0 spiro atoms. The van der Waals surface area contributed by atoms with Gasteiger partial charge in [0, 0.05) is 51.6 Å². The fourth-order valence-electron chi connectivity index (χ4n) is 2.07. The first-order valence-electron chi connectivity index (χ1n) is 9.35. The van der Waals surface area contributed by atoms with Crippen molar-refractivity contribution in [1.82, 2.24) is 9.80 Å². The molecule has 0 aliphatic carbocycles. The van der Waals surface area contributed by atoms with Gasteiger partial charge in [-0.3, -0.25) is 9.59 Å². The Hall–Kier alpha value is -2.37. The normalized spacial score (nSPS) is 10.6. The number of halogens is 2. The highest BCUT2D eigenvalue weighted by Crippen LogP contribution is 2.09. The summed E-state index contributed by atoms with van der Waals surface area (Å²) in [7, 11) is 6.92. The molecule has 0 heterocycles. The number of likely N-dealkylation sites (N-methyl/N-ethyl adjacent to an activating group) is 2. The van der Waals surface area contributed by atoms with E-state index in [1.807, 2.05) is 54.6 Å². The minimum Gasteiger partial charge on any atom is -0.345 e. The van der Waals surface area contributed by atoms with Crippen LogP contribution in [0.2, 0.25) is 0 Å². The number of amides is 2. The molecule has 30 heavy (non-hydrogen) atoms. The second-order valence-electron chi connectivity index (χ2n) is 6.88. The first kappa shape index (κ1) is 25.7. The molecule has 0 bridgehead atoms. The lowest BCUT2D eigenvalue weighted by Crippen LogP contribution is -2.18. The third-order valence-corrected chi connectivity index (χ3v) is 4.94. The van der Waals surface area contributed by atoms with Crippen LogP contribution >= 0.6 is 27.5 Å². The zero-order valence-corrected chi connectivity index (χ0v) is 20.2. The molecule has 4 nitrogen and oxygen atoms in total. The van der Waals surface area contributed by atoms with Crippen LogP contribution in [0.1, 0.15) is 22.3 Å². The molecular formula is C24H28BrClN2O2. The van der Waals surface area contributed by atoms with E-state index in [1.54, 1.807) is 51.3 Å². The standard InChI is InChI=1S/C12H14BrNO.C12H14ClNO/c2*1-14(2)12(15)8-7-10-3-5-11(9-13)6-4-10/h2*3-8H,9H2,1-2H3/b2*8-7+. The van der Waals surface area contributed by atoms with Gasteiger partial charge in [-0.05, 0) is 34.4 Å². The van der Waals surface area contributed by atoms with Gasteiger partial charge < -0.3 is 9.80 Å². The van der Waals surface area contributed by atoms with Crippen LogP contribution in [0.15, 0.2) is 60.7 Å². The fraction of sp³-hybridized carbons (Fsp3) is 0.250. The van der Waals surface area contributed by atoms with Gasteiger partial charge in [0.05, 0.1) is 0 Å². The maximum absolute atomic E-state index is 11.3. The van der Waals surface area contributed by atoms with Crippen LogP contribution in [-0.4, -0.2) is 49.8 Å². The second kappa shape index (κ2) is 13.8. The molecule has 0 radical (unpaired) electrons. The van der Waals surface area contributed by atoms with Crippen molar-refractivity contribution in [1.29, 1.82) is 0 Å².